The minimum absolute atomic E-state index is 0.773. The first kappa shape index (κ1) is 21.2. The zero-order chi connectivity index (χ0) is 23.1. The summed E-state index contributed by atoms with van der Waals surface area (Å²) in [5, 5.41) is 10.1. The number of thiazole rings is 1. The van der Waals surface area contributed by atoms with Gasteiger partial charge in [0.05, 0.1) is 34.8 Å². The summed E-state index contributed by atoms with van der Waals surface area (Å²) in [6, 6.07) is 18.7. The van der Waals surface area contributed by atoms with Gasteiger partial charge < -0.3 is 10.1 Å². The highest BCUT2D eigenvalue weighted by Gasteiger charge is 2.16. The monoisotopic (exact) mass is 470 g/mol. The second-order valence-electron chi connectivity index (χ2n) is 8.69. The lowest BCUT2D eigenvalue weighted by Crippen LogP contribution is -2.35. The Morgan fingerprint density at radius 2 is 1.82 bits per heavy atom. The highest BCUT2D eigenvalue weighted by molar-refractivity contribution is 7.22. The minimum Gasteiger partial charge on any atom is -0.379 e. The van der Waals surface area contributed by atoms with Crippen LogP contribution in [-0.2, 0) is 11.3 Å². The summed E-state index contributed by atoms with van der Waals surface area (Å²) >= 11 is 1.66. The average Bonchev–Trinajstić information content (AvgIpc) is 3.40. The number of nitrogens with zero attached hydrogens (tertiary/aromatic N) is 5. The molecular formula is C26H26N6OS. The van der Waals surface area contributed by atoms with E-state index in [-0.39, 0.29) is 0 Å². The molecule has 1 N–H and O–H groups in total. The lowest BCUT2D eigenvalue weighted by Gasteiger charge is -2.26. The van der Waals surface area contributed by atoms with Crippen LogP contribution in [0.2, 0.25) is 0 Å². The fourth-order valence-electron chi connectivity index (χ4n) is 4.56. The predicted octanol–water partition coefficient (Wildman–Crippen LogP) is 5.22. The van der Waals surface area contributed by atoms with E-state index in [1.165, 1.54) is 10.3 Å². The molecule has 0 unspecified atom stereocenters. The van der Waals surface area contributed by atoms with Crippen molar-refractivity contribution in [1.29, 1.82) is 0 Å². The first-order valence-electron chi connectivity index (χ1n) is 11.5. The quantitative estimate of drug-likeness (QED) is 0.380. The maximum absolute atomic E-state index is 5.47. The number of aryl methyl sites for hydroxylation is 2. The molecular weight excluding hydrogens is 444 g/mol. The molecule has 8 heteroatoms. The number of aromatic nitrogens is 4. The van der Waals surface area contributed by atoms with E-state index in [1.54, 1.807) is 11.3 Å². The van der Waals surface area contributed by atoms with E-state index in [2.05, 4.69) is 41.4 Å². The zero-order valence-corrected chi connectivity index (χ0v) is 20.1. The largest absolute Gasteiger partial charge is 0.379 e. The lowest BCUT2D eigenvalue weighted by molar-refractivity contribution is 0.0342. The van der Waals surface area contributed by atoms with Crippen molar-refractivity contribution in [2.75, 3.05) is 31.6 Å². The van der Waals surface area contributed by atoms with E-state index in [0.29, 0.717) is 0 Å². The number of morpholine rings is 1. The summed E-state index contributed by atoms with van der Waals surface area (Å²) in [6.07, 6.45) is 0. The Kier molecular flexibility index (Phi) is 5.49. The molecule has 0 atom stereocenters. The van der Waals surface area contributed by atoms with Crippen molar-refractivity contribution in [2.24, 2.45) is 0 Å². The van der Waals surface area contributed by atoms with Crippen LogP contribution in [0.4, 0.5) is 10.9 Å². The molecule has 0 amide bonds. The van der Waals surface area contributed by atoms with E-state index in [4.69, 9.17) is 19.8 Å². The van der Waals surface area contributed by atoms with Crippen LogP contribution >= 0.6 is 11.3 Å². The van der Waals surface area contributed by atoms with Crippen LogP contribution in [0.3, 0.4) is 0 Å². The van der Waals surface area contributed by atoms with Crippen molar-refractivity contribution in [2.45, 2.75) is 20.4 Å². The molecule has 172 valence electrons. The summed E-state index contributed by atoms with van der Waals surface area (Å²) in [5.74, 6) is 0.773. The van der Waals surface area contributed by atoms with Crippen LogP contribution < -0.4 is 5.32 Å². The highest BCUT2D eigenvalue weighted by atomic mass is 32.1. The molecule has 4 heterocycles. The van der Waals surface area contributed by atoms with Crippen LogP contribution in [0.1, 0.15) is 16.8 Å². The molecule has 7 nitrogen and oxygen atoms in total. The minimum atomic E-state index is 0.773. The third-order valence-electron chi connectivity index (χ3n) is 6.21. The van der Waals surface area contributed by atoms with Gasteiger partial charge in [-0.05, 0) is 55.3 Å². The van der Waals surface area contributed by atoms with Gasteiger partial charge in [0.2, 0.25) is 0 Å². The number of pyridine rings is 1. The van der Waals surface area contributed by atoms with Crippen LogP contribution in [0.25, 0.3) is 26.9 Å². The number of nitrogens with one attached hydrogen (secondary N) is 1. The number of ether oxygens (including phenoxy) is 1. The second-order valence-corrected chi connectivity index (χ2v) is 9.72. The second kappa shape index (κ2) is 8.79. The molecule has 1 aliphatic heterocycles. The normalized spacial score (nSPS) is 14.8. The summed E-state index contributed by atoms with van der Waals surface area (Å²) in [7, 11) is 0. The Bertz CT molecular complexity index is 1470. The fraction of sp³-hybridized carbons (Fsp3) is 0.269. The topological polar surface area (TPSA) is 68.1 Å². The van der Waals surface area contributed by atoms with Gasteiger partial charge in [-0.2, -0.15) is 5.10 Å². The van der Waals surface area contributed by atoms with Crippen LogP contribution in [-0.4, -0.2) is 51.0 Å². The number of para-hydroxylation sites is 1. The van der Waals surface area contributed by atoms with Gasteiger partial charge in [0.1, 0.15) is 5.82 Å². The highest BCUT2D eigenvalue weighted by Crippen LogP contribution is 2.31. The maximum Gasteiger partial charge on any atom is 0.189 e. The van der Waals surface area contributed by atoms with Crippen molar-refractivity contribution in [3.63, 3.8) is 0 Å². The number of anilines is 2. The molecule has 0 spiro atoms. The third kappa shape index (κ3) is 4.04. The van der Waals surface area contributed by atoms with Gasteiger partial charge in [0.25, 0.3) is 0 Å². The van der Waals surface area contributed by atoms with E-state index in [1.807, 2.05) is 41.9 Å². The molecule has 5 aromatic rings. The van der Waals surface area contributed by atoms with Crippen LogP contribution in [0.5, 0.6) is 0 Å². The number of rotatable bonds is 5. The van der Waals surface area contributed by atoms with Gasteiger partial charge in [-0.15, -0.1) is 0 Å². The van der Waals surface area contributed by atoms with Gasteiger partial charge in [-0.25, -0.2) is 14.6 Å². The molecule has 1 aliphatic rings. The molecule has 3 aromatic heterocycles. The molecule has 1 saturated heterocycles. The first-order valence-corrected chi connectivity index (χ1v) is 12.3. The Labute approximate surface area is 202 Å². The van der Waals surface area contributed by atoms with Crippen molar-refractivity contribution < 1.29 is 4.74 Å². The van der Waals surface area contributed by atoms with Crippen LogP contribution in [0, 0.1) is 13.8 Å². The standard InChI is InChI=1S/C26H26N6OS/c1-17-14-23(28-25-24(17)18(2)30-32(25)20-6-4-3-5-7-20)29-26-27-21-9-8-19(15-22(21)34-26)16-31-10-12-33-13-11-31/h3-9,14-15H,10-13,16H2,1-2H3,(H,27,28,29). The molecule has 2 aromatic carbocycles. The predicted molar refractivity (Wildman–Crippen MR) is 137 cm³/mol. The van der Waals surface area contributed by atoms with Crippen molar-refractivity contribution in [3.8, 4) is 5.69 Å². The van der Waals surface area contributed by atoms with E-state index in [0.717, 1.165) is 77.3 Å². The zero-order valence-electron chi connectivity index (χ0n) is 19.3. The van der Waals surface area contributed by atoms with Crippen molar-refractivity contribution in [1.82, 2.24) is 24.6 Å². The summed E-state index contributed by atoms with van der Waals surface area (Å²) in [6.45, 7) is 8.69. The molecule has 0 aliphatic carbocycles. The summed E-state index contributed by atoms with van der Waals surface area (Å²) in [4.78, 5) is 12.2. The Hall–Kier alpha value is -3.33. The van der Waals surface area contributed by atoms with Gasteiger partial charge >= 0.3 is 0 Å². The number of fused-ring (bicyclic) bond motifs is 2. The van der Waals surface area contributed by atoms with E-state index >= 15 is 0 Å². The Morgan fingerprint density at radius 3 is 2.65 bits per heavy atom. The molecule has 1 fully saturated rings. The van der Waals surface area contributed by atoms with Gasteiger partial charge in [-0.1, -0.05) is 35.6 Å². The first-order chi connectivity index (χ1) is 16.6. The third-order valence-corrected chi connectivity index (χ3v) is 7.14. The molecule has 34 heavy (non-hydrogen) atoms. The average molecular weight is 471 g/mol. The fourth-order valence-corrected chi connectivity index (χ4v) is 5.50. The number of hydrogen-bond acceptors (Lipinski definition) is 7. The maximum atomic E-state index is 5.47. The molecule has 0 saturated carbocycles. The Morgan fingerprint density at radius 1 is 1.00 bits per heavy atom. The van der Waals surface area contributed by atoms with Gasteiger partial charge in [0, 0.05) is 25.0 Å². The van der Waals surface area contributed by atoms with Gasteiger partial charge in [0.15, 0.2) is 10.8 Å². The lowest BCUT2D eigenvalue weighted by atomic mass is 10.1. The Balaban J connectivity index is 1.31. The van der Waals surface area contributed by atoms with Gasteiger partial charge in [-0.3, -0.25) is 4.90 Å². The smallest absolute Gasteiger partial charge is 0.189 e. The molecule has 0 bridgehead atoms. The molecule has 0 radical (unpaired) electrons. The van der Waals surface area contributed by atoms with E-state index in [9.17, 15) is 0 Å². The number of hydrogen-bond donors (Lipinski definition) is 1. The van der Waals surface area contributed by atoms with Crippen molar-refractivity contribution >= 4 is 43.5 Å². The van der Waals surface area contributed by atoms with Crippen molar-refractivity contribution in [3.05, 3.63) is 71.4 Å². The molecule has 6 rings (SSSR count). The van der Waals surface area contributed by atoms with Crippen LogP contribution in [0.15, 0.2) is 54.6 Å². The number of benzene rings is 2. The SMILES string of the molecule is Cc1cc(Nc2nc3ccc(CN4CCOCC4)cc3s2)nc2c1c(C)nn2-c1ccccc1. The van der Waals surface area contributed by atoms with E-state index < -0.39 is 0 Å². The summed E-state index contributed by atoms with van der Waals surface area (Å²) < 4.78 is 8.56. The summed E-state index contributed by atoms with van der Waals surface area (Å²) in [5.41, 5.74) is 6.27.